The first-order chi connectivity index (χ1) is 7.63. The number of nitriles is 1. The number of imidazole rings is 1. The number of aromatic amines is 1. The summed E-state index contributed by atoms with van der Waals surface area (Å²) < 4.78 is 2.74. The number of para-hydroxylation sites is 1. The van der Waals surface area contributed by atoms with Crippen LogP contribution in [0.15, 0.2) is 18.2 Å². The first-order valence-electron chi connectivity index (χ1n) is 5.25. The minimum absolute atomic E-state index is 0.524. The molecule has 1 heterocycles. The van der Waals surface area contributed by atoms with Gasteiger partial charge >= 0.3 is 0 Å². The highest BCUT2D eigenvalue weighted by Gasteiger charge is 2.08. The zero-order valence-corrected chi connectivity index (χ0v) is 10.1. The van der Waals surface area contributed by atoms with E-state index in [4.69, 9.17) is 17.5 Å². The first-order valence-corrected chi connectivity index (χ1v) is 5.66. The Hall–Kier alpha value is -1.60. The Morgan fingerprint density at radius 1 is 1.50 bits per heavy atom. The molecule has 0 unspecified atom stereocenters. The van der Waals surface area contributed by atoms with Gasteiger partial charge < -0.3 is 9.55 Å². The molecule has 0 fully saturated rings. The van der Waals surface area contributed by atoms with Crippen LogP contribution < -0.4 is 0 Å². The lowest BCUT2D eigenvalue weighted by Crippen LogP contribution is -2.03. The van der Waals surface area contributed by atoms with E-state index in [-0.39, 0.29) is 0 Å². The van der Waals surface area contributed by atoms with E-state index in [1.165, 1.54) is 0 Å². The van der Waals surface area contributed by atoms with Crippen LogP contribution in [0.4, 0.5) is 0 Å². The van der Waals surface area contributed by atoms with Crippen molar-refractivity contribution in [3.05, 3.63) is 28.5 Å². The topological polar surface area (TPSA) is 44.5 Å². The maximum Gasteiger partial charge on any atom is 0.178 e. The molecule has 1 aromatic carbocycles. The highest BCUT2D eigenvalue weighted by molar-refractivity contribution is 7.71. The van der Waals surface area contributed by atoms with Crippen LogP contribution in [0.1, 0.15) is 19.4 Å². The number of benzene rings is 1. The monoisotopic (exact) mass is 231 g/mol. The van der Waals surface area contributed by atoms with Crippen LogP contribution in [0.3, 0.4) is 0 Å². The van der Waals surface area contributed by atoms with Gasteiger partial charge in [0.2, 0.25) is 0 Å². The molecule has 0 bridgehead atoms. The highest BCUT2D eigenvalue weighted by atomic mass is 32.1. The summed E-state index contributed by atoms with van der Waals surface area (Å²) in [4.78, 5) is 3.11. The molecular formula is C12H13N3S. The SMILES string of the molecule is CC(C)Cn1c(=S)[nH]c2c(C#N)cccc21. The number of hydrogen-bond donors (Lipinski definition) is 1. The number of nitrogens with one attached hydrogen (secondary N) is 1. The standard InChI is InChI=1S/C12H13N3S/c1-8(2)7-15-10-5-3-4-9(6-13)11(10)14-12(15)16/h3-5,8H,7H2,1-2H3,(H,14,16). The summed E-state index contributed by atoms with van der Waals surface area (Å²) in [6.07, 6.45) is 0. The van der Waals surface area contributed by atoms with Crippen LogP contribution in [0, 0.1) is 22.0 Å². The van der Waals surface area contributed by atoms with Crippen LogP contribution in [-0.2, 0) is 6.54 Å². The Morgan fingerprint density at radius 3 is 2.88 bits per heavy atom. The van der Waals surface area contributed by atoms with Crippen LogP contribution in [-0.4, -0.2) is 9.55 Å². The van der Waals surface area contributed by atoms with Gasteiger partial charge in [0.05, 0.1) is 16.6 Å². The third kappa shape index (κ3) is 1.74. The summed E-state index contributed by atoms with van der Waals surface area (Å²) in [5.74, 6) is 0.524. The average Bonchev–Trinajstić information content (AvgIpc) is 2.55. The Bertz CT molecular complexity index is 613. The van der Waals surface area contributed by atoms with Gasteiger partial charge in [0.25, 0.3) is 0 Å². The Balaban J connectivity index is 2.72. The van der Waals surface area contributed by atoms with Crippen molar-refractivity contribution in [2.45, 2.75) is 20.4 Å². The number of hydrogen-bond acceptors (Lipinski definition) is 2. The number of H-pyrrole nitrogens is 1. The van der Waals surface area contributed by atoms with Crippen LogP contribution in [0.2, 0.25) is 0 Å². The second-order valence-corrected chi connectivity index (χ2v) is 4.63. The summed E-state index contributed by atoms with van der Waals surface area (Å²) >= 11 is 5.28. The molecule has 82 valence electrons. The Labute approximate surface area is 99.3 Å². The fourth-order valence-electron chi connectivity index (χ4n) is 1.82. The minimum Gasteiger partial charge on any atom is -0.329 e. The molecule has 16 heavy (non-hydrogen) atoms. The molecule has 0 aliphatic rings. The predicted molar refractivity (Wildman–Crippen MR) is 66.7 cm³/mol. The van der Waals surface area contributed by atoms with Crippen molar-refractivity contribution in [2.24, 2.45) is 5.92 Å². The van der Waals surface area contributed by atoms with Gasteiger partial charge in [-0.1, -0.05) is 19.9 Å². The van der Waals surface area contributed by atoms with E-state index in [1.807, 2.05) is 12.1 Å². The molecule has 1 N–H and O–H groups in total. The van der Waals surface area contributed by atoms with E-state index >= 15 is 0 Å². The molecule has 0 amide bonds. The van der Waals surface area contributed by atoms with Gasteiger partial charge in [-0.05, 0) is 30.3 Å². The molecule has 1 aromatic heterocycles. The van der Waals surface area contributed by atoms with Crippen molar-refractivity contribution >= 4 is 23.3 Å². The zero-order valence-electron chi connectivity index (χ0n) is 9.32. The van der Waals surface area contributed by atoms with Gasteiger partial charge in [-0.15, -0.1) is 0 Å². The smallest absolute Gasteiger partial charge is 0.178 e. The fraction of sp³-hybridized carbons (Fsp3) is 0.333. The molecule has 0 aliphatic carbocycles. The molecule has 4 heteroatoms. The molecule has 2 aromatic rings. The maximum atomic E-state index is 9.00. The second kappa shape index (κ2) is 4.11. The molecule has 0 aliphatic heterocycles. The molecule has 0 saturated heterocycles. The van der Waals surface area contributed by atoms with Crippen LogP contribution in [0.5, 0.6) is 0 Å². The maximum absolute atomic E-state index is 9.00. The number of nitrogens with zero attached hydrogens (tertiary/aromatic N) is 2. The van der Waals surface area contributed by atoms with E-state index in [2.05, 4.69) is 29.5 Å². The molecule has 2 rings (SSSR count). The van der Waals surface area contributed by atoms with Crippen molar-refractivity contribution in [2.75, 3.05) is 0 Å². The summed E-state index contributed by atoms with van der Waals surface area (Å²) in [6, 6.07) is 7.85. The van der Waals surface area contributed by atoms with E-state index in [0.717, 1.165) is 17.6 Å². The van der Waals surface area contributed by atoms with Gasteiger partial charge in [0.15, 0.2) is 4.77 Å². The lowest BCUT2D eigenvalue weighted by molar-refractivity contribution is 0.529. The van der Waals surface area contributed by atoms with Gasteiger partial charge in [0.1, 0.15) is 6.07 Å². The number of fused-ring (bicyclic) bond motifs is 1. The summed E-state index contributed by atoms with van der Waals surface area (Å²) in [7, 11) is 0. The van der Waals surface area contributed by atoms with E-state index < -0.39 is 0 Å². The highest BCUT2D eigenvalue weighted by Crippen LogP contribution is 2.19. The first kappa shape index (κ1) is 10.9. The van der Waals surface area contributed by atoms with Crippen LogP contribution >= 0.6 is 12.2 Å². The number of aromatic nitrogens is 2. The van der Waals surface area contributed by atoms with Gasteiger partial charge in [0, 0.05) is 6.54 Å². The minimum atomic E-state index is 0.524. The van der Waals surface area contributed by atoms with E-state index in [9.17, 15) is 0 Å². The molecule has 0 radical (unpaired) electrons. The van der Waals surface area contributed by atoms with E-state index in [1.54, 1.807) is 6.07 Å². The Kier molecular flexibility index (Phi) is 2.80. The quantitative estimate of drug-likeness (QED) is 0.806. The molecule has 0 saturated carbocycles. The summed E-state index contributed by atoms with van der Waals surface area (Å²) in [5, 5.41) is 9.00. The number of rotatable bonds is 2. The van der Waals surface area contributed by atoms with Gasteiger partial charge in [-0.25, -0.2) is 0 Å². The molecule has 0 atom stereocenters. The summed E-state index contributed by atoms with van der Waals surface area (Å²) in [5.41, 5.74) is 2.50. The van der Waals surface area contributed by atoms with Crippen molar-refractivity contribution in [3.63, 3.8) is 0 Å². The van der Waals surface area contributed by atoms with Gasteiger partial charge in [-0.2, -0.15) is 5.26 Å². The predicted octanol–water partition coefficient (Wildman–Crippen LogP) is 3.23. The second-order valence-electron chi connectivity index (χ2n) is 4.25. The van der Waals surface area contributed by atoms with E-state index in [0.29, 0.717) is 16.3 Å². The third-order valence-electron chi connectivity index (χ3n) is 2.48. The third-order valence-corrected chi connectivity index (χ3v) is 2.80. The van der Waals surface area contributed by atoms with Crippen molar-refractivity contribution < 1.29 is 0 Å². The average molecular weight is 231 g/mol. The lowest BCUT2D eigenvalue weighted by Gasteiger charge is -2.07. The molecular weight excluding hydrogens is 218 g/mol. The van der Waals surface area contributed by atoms with Crippen molar-refractivity contribution in [3.8, 4) is 6.07 Å². The normalized spacial score (nSPS) is 10.9. The van der Waals surface area contributed by atoms with Gasteiger partial charge in [-0.3, -0.25) is 0 Å². The molecule has 3 nitrogen and oxygen atoms in total. The van der Waals surface area contributed by atoms with Crippen molar-refractivity contribution in [1.29, 1.82) is 5.26 Å². The van der Waals surface area contributed by atoms with Crippen LogP contribution in [0.25, 0.3) is 11.0 Å². The fourth-order valence-corrected chi connectivity index (χ4v) is 2.09. The summed E-state index contributed by atoms with van der Waals surface area (Å²) in [6.45, 7) is 5.16. The lowest BCUT2D eigenvalue weighted by atomic mass is 10.2. The Morgan fingerprint density at radius 2 is 2.25 bits per heavy atom. The zero-order chi connectivity index (χ0) is 11.7. The van der Waals surface area contributed by atoms with Crippen molar-refractivity contribution in [1.82, 2.24) is 9.55 Å². The largest absolute Gasteiger partial charge is 0.329 e. The molecule has 0 spiro atoms.